The molecule has 0 spiro atoms. The molecule has 3 heterocycles. The second-order valence-electron chi connectivity index (χ2n) is 9.36. The standard InChI is InChI=1S/C26H34FN5O2.ClH/c1-16-11-20(27)8-7-19(16)13-28-25-24-22(17(2)18(3)32(24)9-10-34-6)12-23(29-25)26(33)31-14-21(15-31)30(4)5;/h7-8,11-12,21H,9-10,13-15H2,1-6H3,(H,28,29);1H. The second-order valence-corrected chi connectivity index (χ2v) is 9.36. The molecule has 0 bridgehead atoms. The Hall–Kier alpha value is -2.68. The molecule has 0 aliphatic carbocycles. The van der Waals surface area contributed by atoms with Gasteiger partial charge in [0.25, 0.3) is 5.91 Å². The number of aromatic nitrogens is 2. The lowest BCUT2D eigenvalue weighted by Crippen LogP contribution is -2.59. The molecule has 7 nitrogen and oxygen atoms in total. The fourth-order valence-electron chi connectivity index (χ4n) is 4.50. The number of pyridine rings is 1. The molecule has 3 aromatic rings. The van der Waals surface area contributed by atoms with E-state index in [2.05, 4.69) is 28.6 Å². The summed E-state index contributed by atoms with van der Waals surface area (Å²) in [6.07, 6.45) is 0. The number of rotatable bonds is 8. The molecule has 1 N–H and O–H groups in total. The van der Waals surface area contributed by atoms with Gasteiger partial charge in [0.05, 0.1) is 12.1 Å². The van der Waals surface area contributed by atoms with Crippen LogP contribution in [0.1, 0.15) is 32.9 Å². The highest BCUT2D eigenvalue weighted by Gasteiger charge is 2.33. The van der Waals surface area contributed by atoms with Crippen LogP contribution in [-0.2, 0) is 17.8 Å². The third kappa shape index (κ3) is 5.29. The van der Waals surface area contributed by atoms with Gasteiger partial charge in [-0.3, -0.25) is 4.79 Å². The predicted octanol–water partition coefficient (Wildman–Crippen LogP) is 4.17. The number of anilines is 1. The molecule has 1 aromatic carbocycles. The summed E-state index contributed by atoms with van der Waals surface area (Å²) in [5.74, 6) is 0.351. The predicted molar refractivity (Wildman–Crippen MR) is 140 cm³/mol. The van der Waals surface area contributed by atoms with Crippen LogP contribution < -0.4 is 5.32 Å². The number of nitrogens with one attached hydrogen (secondary N) is 1. The lowest BCUT2D eigenvalue weighted by molar-refractivity contribution is 0.0394. The molecule has 35 heavy (non-hydrogen) atoms. The van der Waals surface area contributed by atoms with Gasteiger partial charge in [-0.15, -0.1) is 12.4 Å². The summed E-state index contributed by atoms with van der Waals surface area (Å²) in [7, 11) is 5.75. The minimum atomic E-state index is -0.250. The molecule has 0 saturated carbocycles. The van der Waals surface area contributed by atoms with Crippen molar-refractivity contribution in [1.29, 1.82) is 0 Å². The number of hydrogen-bond acceptors (Lipinski definition) is 5. The molecule has 0 unspecified atom stereocenters. The first kappa shape index (κ1) is 26.9. The van der Waals surface area contributed by atoms with Crippen LogP contribution in [0.3, 0.4) is 0 Å². The summed E-state index contributed by atoms with van der Waals surface area (Å²) in [6.45, 7) is 9.19. The zero-order chi connectivity index (χ0) is 24.6. The molecule has 1 aliphatic rings. The van der Waals surface area contributed by atoms with Crippen molar-refractivity contribution in [3.05, 3.63) is 58.2 Å². The van der Waals surface area contributed by atoms with Crippen LogP contribution in [0.2, 0.25) is 0 Å². The van der Waals surface area contributed by atoms with E-state index in [0.29, 0.717) is 50.3 Å². The summed E-state index contributed by atoms with van der Waals surface area (Å²) in [5.41, 5.74) is 5.49. The van der Waals surface area contributed by atoms with E-state index in [1.807, 2.05) is 32.0 Å². The maximum Gasteiger partial charge on any atom is 0.272 e. The van der Waals surface area contributed by atoms with Crippen LogP contribution in [0.25, 0.3) is 10.9 Å². The first-order chi connectivity index (χ1) is 16.2. The molecular formula is C26H35ClFN5O2. The van der Waals surface area contributed by atoms with E-state index in [1.165, 1.54) is 12.1 Å². The number of carbonyl (C=O) groups excluding carboxylic acids is 1. The molecule has 1 amide bonds. The van der Waals surface area contributed by atoms with E-state index in [-0.39, 0.29) is 24.1 Å². The number of methoxy groups -OCH3 is 1. The van der Waals surface area contributed by atoms with Crippen molar-refractivity contribution in [2.45, 2.75) is 39.9 Å². The number of benzene rings is 1. The number of halogens is 2. The molecule has 1 fully saturated rings. The number of likely N-dealkylation sites (N-methyl/N-ethyl adjacent to an activating group) is 1. The van der Waals surface area contributed by atoms with Crippen LogP contribution in [-0.4, -0.2) is 72.2 Å². The van der Waals surface area contributed by atoms with Crippen molar-refractivity contribution in [1.82, 2.24) is 19.4 Å². The van der Waals surface area contributed by atoms with Crippen molar-refractivity contribution in [3.8, 4) is 0 Å². The van der Waals surface area contributed by atoms with Crippen molar-refractivity contribution >= 4 is 35.0 Å². The summed E-state index contributed by atoms with van der Waals surface area (Å²) in [5, 5.41) is 4.45. The Morgan fingerprint density at radius 3 is 2.57 bits per heavy atom. The summed E-state index contributed by atoms with van der Waals surface area (Å²) >= 11 is 0. The molecule has 9 heteroatoms. The van der Waals surface area contributed by atoms with E-state index >= 15 is 0 Å². The highest BCUT2D eigenvalue weighted by Crippen LogP contribution is 2.32. The number of fused-ring (bicyclic) bond motifs is 1. The molecule has 0 atom stereocenters. The van der Waals surface area contributed by atoms with E-state index in [0.717, 1.165) is 33.3 Å². The number of carbonyl (C=O) groups is 1. The minimum Gasteiger partial charge on any atom is -0.383 e. The summed E-state index contributed by atoms with van der Waals surface area (Å²) in [4.78, 5) is 22.1. The zero-order valence-electron chi connectivity index (χ0n) is 21.3. The van der Waals surface area contributed by atoms with Gasteiger partial charge in [-0.05, 0) is 69.8 Å². The average molecular weight is 504 g/mol. The zero-order valence-corrected chi connectivity index (χ0v) is 22.1. The fraction of sp³-hybridized carbons (Fsp3) is 0.462. The highest BCUT2D eigenvalue weighted by molar-refractivity contribution is 6.01. The van der Waals surface area contributed by atoms with Crippen LogP contribution in [0.15, 0.2) is 24.3 Å². The van der Waals surface area contributed by atoms with Gasteiger partial charge in [0, 0.05) is 50.4 Å². The number of nitrogens with zero attached hydrogens (tertiary/aromatic N) is 4. The van der Waals surface area contributed by atoms with Crippen molar-refractivity contribution in [3.63, 3.8) is 0 Å². The minimum absolute atomic E-state index is 0. The van der Waals surface area contributed by atoms with Gasteiger partial charge < -0.3 is 24.4 Å². The van der Waals surface area contributed by atoms with Crippen molar-refractivity contribution < 1.29 is 13.9 Å². The Balaban J connectivity index is 0.00000342. The van der Waals surface area contributed by atoms with Gasteiger partial charge in [0.2, 0.25) is 0 Å². The molecule has 1 aliphatic heterocycles. The lowest BCUT2D eigenvalue weighted by atomic mass is 10.1. The normalized spacial score (nSPS) is 13.8. The third-order valence-electron chi connectivity index (χ3n) is 6.98. The summed E-state index contributed by atoms with van der Waals surface area (Å²) in [6, 6.07) is 7.08. The number of hydrogen-bond donors (Lipinski definition) is 1. The largest absolute Gasteiger partial charge is 0.383 e. The van der Waals surface area contributed by atoms with Crippen LogP contribution in [0, 0.1) is 26.6 Å². The van der Waals surface area contributed by atoms with Gasteiger partial charge in [-0.1, -0.05) is 6.07 Å². The maximum atomic E-state index is 13.6. The Bertz CT molecular complexity index is 1220. The Labute approximate surface area is 212 Å². The quantitative estimate of drug-likeness (QED) is 0.500. The first-order valence-corrected chi connectivity index (χ1v) is 11.6. The molecule has 190 valence electrons. The third-order valence-corrected chi connectivity index (χ3v) is 6.98. The maximum absolute atomic E-state index is 13.6. The van der Waals surface area contributed by atoms with Gasteiger partial charge in [0.1, 0.15) is 11.5 Å². The van der Waals surface area contributed by atoms with E-state index < -0.39 is 0 Å². The average Bonchev–Trinajstić information content (AvgIpc) is 3.00. The first-order valence-electron chi connectivity index (χ1n) is 11.6. The molecule has 1 saturated heterocycles. The fourth-order valence-corrected chi connectivity index (χ4v) is 4.50. The number of ether oxygens (including phenoxy) is 1. The Kier molecular flexibility index (Phi) is 8.41. The SMILES string of the molecule is COCCn1c(C)c(C)c2cc(C(=O)N3CC(N(C)C)C3)nc(NCc3ccc(F)cc3C)c21.Cl. The van der Waals surface area contributed by atoms with E-state index in [1.54, 1.807) is 13.2 Å². The van der Waals surface area contributed by atoms with Crippen LogP contribution >= 0.6 is 12.4 Å². The smallest absolute Gasteiger partial charge is 0.272 e. The van der Waals surface area contributed by atoms with E-state index in [9.17, 15) is 9.18 Å². The monoisotopic (exact) mass is 503 g/mol. The van der Waals surface area contributed by atoms with Crippen LogP contribution in [0.4, 0.5) is 10.2 Å². The van der Waals surface area contributed by atoms with Gasteiger partial charge in [0.15, 0.2) is 5.82 Å². The van der Waals surface area contributed by atoms with Gasteiger partial charge >= 0.3 is 0 Å². The lowest BCUT2D eigenvalue weighted by Gasteiger charge is -2.42. The van der Waals surface area contributed by atoms with Crippen molar-refractivity contribution in [2.24, 2.45) is 0 Å². The second kappa shape index (κ2) is 10.9. The molecular weight excluding hydrogens is 469 g/mol. The topological polar surface area (TPSA) is 62.6 Å². The molecule has 4 rings (SSSR count). The molecule has 0 radical (unpaired) electrons. The number of amides is 1. The van der Waals surface area contributed by atoms with Crippen LogP contribution in [0.5, 0.6) is 0 Å². The number of likely N-dealkylation sites (tertiary alicyclic amines) is 1. The van der Waals surface area contributed by atoms with Crippen molar-refractivity contribution in [2.75, 3.05) is 46.2 Å². The highest BCUT2D eigenvalue weighted by atomic mass is 35.5. The Morgan fingerprint density at radius 2 is 1.94 bits per heavy atom. The van der Waals surface area contributed by atoms with E-state index in [4.69, 9.17) is 9.72 Å². The Morgan fingerprint density at radius 1 is 1.23 bits per heavy atom. The van der Waals surface area contributed by atoms with Gasteiger partial charge in [-0.25, -0.2) is 9.37 Å². The van der Waals surface area contributed by atoms with Gasteiger partial charge in [-0.2, -0.15) is 0 Å². The summed E-state index contributed by atoms with van der Waals surface area (Å²) < 4.78 is 21.1. The number of aryl methyl sites for hydroxylation is 2. The molecule has 2 aromatic heterocycles.